The van der Waals surface area contributed by atoms with Gasteiger partial charge >= 0.3 is 0 Å². The van der Waals surface area contributed by atoms with Crippen LogP contribution in [-0.4, -0.2) is 43.6 Å². The molecule has 0 bridgehead atoms. The second-order valence-corrected chi connectivity index (χ2v) is 6.70. The molecule has 0 unspecified atom stereocenters. The van der Waals surface area contributed by atoms with Gasteiger partial charge in [-0.3, -0.25) is 9.69 Å². The summed E-state index contributed by atoms with van der Waals surface area (Å²) in [6, 6.07) is 15.4. The third-order valence-corrected chi connectivity index (χ3v) is 4.71. The Labute approximate surface area is 164 Å². The molecule has 1 aliphatic rings. The van der Waals surface area contributed by atoms with Gasteiger partial charge in [-0.2, -0.15) is 0 Å². The zero-order valence-corrected chi connectivity index (χ0v) is 16.1. The van der Waals surface area contributed by atoms with Crippen molar-refractivity contribution in [3.05, 3.63) is 59.1 Å². The van der Waals surface area contributed by atoms with Gasteiger partial charge in [-0.25, -0.2) is 0 Å². The molecule has 2 aromatic rings. The number of nitrogens with zero attached hydrogens (tertiary/aromatic N) is 1. The molecule has 0 spiro atoms. The summed E-state index contributed by atoms with van der Waals surface area (Å²) in [5.41, 5.74) is 8.07. The molecule has 0 aromatic heterocycles. The number of hydrogen-bond acceptors (Lipinski definition) is 4. The van der Waals surface area contributed by atoms with Gasteiger partial charge in [0.2, 0.25) is 5.91 Å². The number of anilines is 1. The molecule has 0 radical (unpaired) electrons. The molecular weight excluding hydrogens is 373 g/mol. The third-order valence-electron chi connectivity index (χ3n) is 4.47. The first-order valence-corrected chi connectivity index (χ1v) is 8.61. The van der Waals surface area contributed by atoms with Gasteiger partial charge in [0.15, 0.2) is 0 Å². The van der Waals surface area contributed by atoms with Crippen LogP contribution in [0.5, 0.6) is 5.75 Å². The van der Waals surface area contributed by atoms with Crippen LogP contribution < -0.4 is 15.8 Å². The second kappa shape index (κ2) is 9.24. The lowest BCUT2D eigenvalue weighted by Gasteiger charge is -2.16. The quantitative estimate of drug-likeness (QED) is 0.815. The number of benzene rings is 2. The average Bonchev–Trinajstić information content (AvgIpc) is 2.96. The fourth-order valence-electron chi connectivity index (χ4n) is 3.27. The van der Waals surface area contributed by atoms with Crippen LogP contribution in [0.25, 0.3) is 0 Å². The number of hydrogen-bond donors (Lipinski definition) is 2. The van der Waals surface area contributed by atoms with Crippen molar-refractivity contribution in [3.63, 3.8) is 0 Å². The predicted molar refractivity (Wildman–Crippen MR) is 107 cm³/mol. The van der Waals surface area contributed by atoms with E-state index in [2.05, 4.69) is 22.3 Å². The van der Waals surface area contributed by atoms with Crippen molar-refractivity contribution < 1.29 is 9.53 Å². The summed E-state index contributed by atoms with van der Waals surface area (Å²) < 4.78 is 5.26. The number of nitrogens with two attached hydrogens (primary N) is 1. The maximum absolute atomic E-state index is 12.4. The minimum atomic E-state index is -0.110. The van der Waals surface area contributed by atoms with Crippen LogP contribution in [0.2, 0.25) is 5.02 Å². The minimum absolute atomic E-state index is 0. The van der Waals surface area contributed by atoms with Gasteiger partial charge in [-0.1, -0.05) is 41.9 Å². The largest absolute Gasteiger partial charge is 0.495 e. The number of nitrogens with one attached hydrogen (secondary N) is 1. The molecule has 1 aliphatic heterocycles. The van der Waals surface area contributed by atoms with E-state index in [4.69, 9.17) is 22.1 Å². The highest BCUT2D eigenvalue weighted by Crippen LogP contribution is 2.28. The van der Waals surface area contributed by atoms with Crippen molar-refractivity contribution in [3.8, 4) is 5.75 Å². The first-order valence-electron chi connectivity index (χ1n) is 8.23. The Bertz CT molecular complexity index is 743. The molecule has 7 heteroatoms. The van der Waals surface area contributed by atoms with E-state index in [0.29, 0.717) is 23.0 Å². The van der Waals surface area contributed by atoms with E-state index < -0.39 is 0 Å². The fourth-order valence-corrected chi connectivity index (χ4v) is 3.44. The maximum atomic E-state index is 12.4. The molecule has 0 saturated carbocycles. The van der Waals surface area contributed by atoms with Crippen LogP contribution in [-0.2, 0) is 4.79 Å². The van der Waals surface area contributed by atoms with Gasteiger partial charge < -0.3 is 15.8 Å². The molecule has 3 rings (SSSR count). The summed E-state index contributed by atoms with van der Waals surface area (Å²) in [4.78, 5) is 14.5. The number of ether oxygens (including phenoxy) is 1. The van der Waals surface area contributed by atoms with Gasteiger partial charge in [-0.05, 0) is 23.8 Å². The van der Waals surface area contributed by atoms with Crippen LogP contribution in [0.3, 0.4) is 0 Å². The molecule has 0 aliphatic carbocycles. The van der Waals surface area contributed by atoms with E-state index >= 15 is 0 Å². The number of carbonyl (C=O) groups excluding carboxylic acids is 1. The van der Waals surface area contributed by atoms with Gasteiger partial charge in [0.1, 0.15) is 5.75 Å². The van der Waals surface area contributed by atoms with Crippen molar-refractivity contribution in [1.29, 1.82) is 0 Å². The fraction of sp³-hybridized carbons (Fsp3) is 0.316. The van der Waals surface area contributed by atoms with Crippen LogP contribution in [0.15, 0.2) is 48.5 Å². The lowest BCUT2D eigenvalue weighted by molar-refractivity contribution is -0.117. The standard InChI is InChI=1S/C19H22ClN3O2.ClH/c1-25-18-8-7-14(20)9-17(18)22-19(24)12-23-10-15(16(21)11-23)13-5-3-2-4-6-13;/h2-9,15-16H,10-12,21H2,1H3,(H,22,24);1H/t15-,16+;/m0./s1. The molecule has 1 fully saturated rings. The van der Waals surface area contributed by atoms with Crippen LogP contribution in [0, 0.1) is 0 Å². The number of methoxy groups -OCH3 is 1. The van der Waals surface area contributed by atoms with E-state index in [0.717, 1.165) is 6.54 Å². The molecule has 140 valence electrons. The Morgan fingerprint density at radius 2 is 2.00 bits per heavy atom. The predicted octanol–water partition coefficient (Wildman–Crippen LogP) is 3.14. The Kier molecular flexibility index (Phi) is 7.29. The summed E-state index contributed by atoms with van der Waals surface area (Å²) in [5, 5.41) is 3.41. The molecular formula is C19H23Cl2N3O2. The number of carbonyl (C=O) groups is 1. The van der Waals surface area contributed by atoms with Crippen molar-refractivity contribution in [2.75, 3.05) is 32.1 Å². The third kappa shape index (κ3) is 4.89. The Morgan fingerprint density at radius 3 is 2.69 bits per heavy atom. The molecule has 5 nitrogen and oxygen atoms in total. The monoisotopic (exact) mass is 395 g/mol. The Balaban J connectivity index is 0.00000243. The van der Waals surface area contributed by atoms with Crippen molar-refractivity contribution in [1.82, 2.24) is 4.90 Å². The average molecular weight is 396 g/mol. The topological polar surface area (TPSA) is 67.6 Å². The van der Waals surface area contributed by atoms with Crippen LogP contribution in [0.4, 0.5) is 5.69 Å². The van der Waals surface area contributed by atoms with Gasteiger partial charge in [0, 0.05) is 30.1 Å². The second-order valence-electron chi connectivity index (χ2n) is 6.27. The van der Waals surface area contributed by atoms with Crippen molar-refractivity contribution >= 4 is 35.6 Å². The van der Waals surface area contributed by atoms with E-state index in [1.807, 2.05) is 18.2 Å². The molecule has 1 saturated heterocycles. The zero-order chi connectivity index (χ0) is 17.8. The SMILES string of the molecule is COc1ccc(Cl)cc1NC(=O)CN1C[C@@H](N)[C@H](c2ccccc2)C1.Cl. The smallest absolute Gasteiger partial charge is 0.238 e. The van der Waals surface area contributed by atoms with Crippen LogP contribution >= 0.6 is 24.0 Å². The first kappa shape index (κ1) is 20.5. The Morgan fingerprint density at radius 1 is 1.27 bits per heavy atom. The van der Waals surface area contributed by atoms with Gasteiger partial charge in [-0.15, -0.1) is 12.4 Å². The number of halogens is 2. The number of likely N-dealkylation sites (tertiary alicyclic amines) is 1. The van der Waals surface area contributed by atoms with E-state index in [1.165, 1.54) is 5.56 Å². The maximum Gasteiger partial charge on any atom is 0.238 e. The van der Waals surface area contributed by atoms with Gasteiger partial charge in [0.25, 0.3) is 0 Å². The minimum Gasteiger partial charge on any atom is -0.495 e. The van der Waals surface area contributed by atoms with Gasteiger partial charge in [0.05, 0.1) is 19.3 Å². The van der Waals surface area contributed by atoms with Crippen molar-refractivity contribution in [2.24, 2.45) is 5.73 Å². The highest BCUT2D eigenvalue weighted by molar-refractivity contribution is 6.31. The molecule has 3 N–H and O–H groups in total. The first-order chi connectivity index (χ1) is 12.1. The summed E-state index contributed by atoms with van der Waals surface area (Å²) in [7, 11) is 1.56. The summed E-state index contributed by atoms with van der Waals surface area (Å²) >= 11 is 6.00. The summed E-state index contributed by atoms with van der Waals surface area (Å²) in [5.74, 6) is 0.717. The molecule has 26 heavy (non-hydrogen) atoms. The highest BCUT2D eigenvalue weighted by Gasteiger charge is 2.32. The summed E-state index contributed by atoms with van der Waals surface area (Å²) in [6.07, 6.45) is 0. The lowest BCUT2D eigenvalue weighted by Crippen LogP contribution is -2.33. The molecule has 1 heterocycles. The summed E-state index contributed by atoms with van der Waals surface area (Å²) in [6.45, 7) is 1.75. The van der Waals surface area contributed by atoms with Crippen molar-refractivity contribution in [2.45, 2.75) is 12.0 Å². The normalized spacial score (nSPS) is 19.7. The number of rotatable bonds is 5. The van der Waals surface area contributed by atoms with E-state index in [1.54, 1.807) is 25.3 Å². The van der Waals surface area contributed by atoms with E-state index in [-0.39, 0.29) is 36.8 Å². The zero-order valence-electron chi connectivity index (χ0n) is 14.5. The highest BCUT2D eigenvalue weighted by atomic mass is 35.5. The molecule has 2 aromatic carbocycles. The molecule has 1 amide bonds. The van der Waals surface area contributed by atoms with E-state index in [9.17, 15) is 4.79 Å². The number of amides is 1. The van der Waals surface area contributed by atoms with Crippen LogP contribution in [0.1, 0.15) is 11.5 Å². The Hall–Kier alpha value is -1.79. The lowest BCUT2D eigenvalue weighted by atomic mass is 9.95. The molecule has 2 atom stereocenters.